The molecule has 2 heterocycles. The molecule has 26 heavy (non-hydrogen) atoms. The number of benzene rings is 1. The van der Waals surface area contributed by atoms with Gasteiger partial charge in [-0.2, -0.15) is 8.99 Å². The summed E-state index contributed by atoms with van der Waals surface area (Å²) in [5.74, 6) is 0.791. The highest BCUT2D eigenvalue weighted by Gasteiger charge is 2.26. The number of piperazine rings is 1. The van der Waals surface area contributed by atoms with Crippen LogP contribution >= 0.6 is 0 Å². The first-order chi connectivity index (χ1) is 12.3. The molecule has 3 rings (SSSR count). The van der Waals surface area contributed by atoms with Crippen molar-refractivity contribution in [3.8, 4) is 5.69 Å². The predicted octanol–water partition coefficient (Wildman–Crippen LogP) is 1.32. The summed E-state index contributed by atoms with van der Waals surface area (Å²) in [7, 11) is -3.16. The third kappa shape index (κ3) is 3.66. The molecule has 0 saturated carbocycles. The van der Waals surface area contributed by atoms with Crippen molar-refractivity contribution in [1.29, 1.82) is 0 Å². The van der Waals surface area contributed by atoms with Crippen LogP contribution in [0.4, 0.5) is 5.82 Å². The molecule has 0 radical (unpaired) electrons. The van der Waals surface area contributed by atoms with Crippen molar-refractivity contribution >= 4 is 15.8 Å². The first kappa shape index (κ1) is 18.6. The van der Waals surface area contributed by atoms with E-state index in [1.807, 2.05) is 36.9 Å². The lowest BCUT2D eigenvalue weighted by atomic mass is 10.1. The number of rotatable bonds is 4. The van der Waals surface area contributed by atoms with Crippen molar-refractivity contribution in [2.24, 2.45) is 0 Å². The van der Waals surface area contributed by atoms with Gasteiger partial charge in [0, 0.05) is 32.2 Å². The number of hydrogen-bond donors (Lipinski definition) is 0. The maximum absolute atomic E-state index is 12.3. The molecular formula is C18H24N4O3S. The van der Waals surface area contributed by atoms with E-state index in [0.717, 1.165) is 16.8 Å². The van der Waals surface area contributed by atoms with Crippen LogP contribution in [0, 0.1) is 13.8 Å². The molecule has 2 aromatic rings. The summed E-state index contributed by atoms with van der Waals surface area (Å²) in [4.78, 5) is 14.3. The van der Waals surface area contributed by atoms with Crippen molar-refractivity contribution in [1.82, 2.24) is 14.1 Å². The molecular weight excluding hydrogens is 352 g/mol. The minimum absolute atomic E-state index is 0.114. The van der Waals surface area contributed by atoms with E-state index in [-0.39, 0.29) is 11.3 Å². The second-order valence-corrected chi connectivity index (χ2v) is 8.75. The third-order valence-electron chi connectivity index (χ3n) is 4.84. The molecule has 140 valence electrons. The van der Waals surface area contributed by atoms with E-state index in [2.05, 4.69) is 5.10 Å². The van der Waals surface area contributed by atoms with Crippen molar-refractivity contribution in [2.75, 3.05) is 36.8 Å². The van der Waals surface area contributed by atoms with Crippen molar-refractivity contribution in [3.05, 3.63) is 51.8 Å². The fourth-order valence-corrected chi connectivity index (χ4v) is 4.08. The summed E-state index contributed by atoms with van der Waals surface area (Å²) in [5, 5.41) is 4.51. The smallest absolute Gasteiger partial charge is 0.271 e. The SMILES string of the molecule is CCS(=O)(=O)N1CCN(c2ccc(=O)n(-c3ccc(C)c(C)c3)n2)CC1. The molecule has 1 aromatic heterocycles. The lowest BCUT2D eigenvalue weighted by Crippen LogP contribution is -2.49. The van der Waals surface area contributed by atoms with Gasteiger partial charge < -0.3 is 4.90 Å². The number of nitrogens with zero attached hydrogens (tertiary/aromatic N) is 4. The Bertz CT molecular complexity index is 961. The van der Waals surface area contributed by atoms with E-state index in [9.17, 15) is 13.2 Å². The summed E-state index contributed by atoms with van der Waals surface area (Å²) in [5.41, 5.74) is 2.79. The molecule has 8 heteroatoms. The van der Waals surface area contributed by atoms with Gasteiger partial charge in [-0.1, -0.05) is 6.07 Å². The molecule has 0 atom stereocenters. The average Bonchev–Trinajstić information content (AvgIpc) is 2.64. The number of anilines is 1. The number of hydrogen-bond acceptors (Lipinski definition) is 5. The van der Waals surface area contributed by atoms with Crippen LogP contribution in [0.3, 0.4) is 0 Å². The third-order valence-corrected chi connectivity index (χ3v) is 6.72. The monoisotopic (exact) mass is 376 g/mol. The Morgan fingerprint density at radius 2 is 1.69 bits per heavy atom. The molecule has 1 aliphatic heterocycles. The molecule has 0 spiro atoms. The number of aryl methyl sites for hydroxylation is 2. The largest absolute Gasteiger partial charge is 0.353 e. The maximum Gasteiger partial charge on any atom is 0.271 e. The summed E-state index contributed by atoms with van der Waals surface area (Å²) in [6.07, 6.45) is 0. The summed E-state index contributed by atoms with van der Waals surface area (Å²) >= 11 is 0. The van der Waals surface area contributed by atoms with E-state index in [1.54, 1.807) is 13.0 Å². The highest BCUT2D eigenvalue weighted by molar-refractivity contribution is 7.89. The minimum Gasteiger partial charge on any atom is -0.353 e. The molecule has 1 saturated heterocycles. The first-order valence-corrected chi connectivity index (χ1v) is 10.3. The second-order valence-electron chi connectivity index (χ2n) is 6.50. The standard InChI is InChI=1S/C18H24N4O3S/c1-4-26(24,25)21-11-9-20(10-12-21)17-7-8-18(23)22(19-17)16-6-5-14(2)15(3)13-16/h5-8,13H,4,9-12H2,1-3H3. The van der Waals surface area contributed by atoms with Crippen LogP contribution in [0.15, 0.2) is 35.1 Å². The summed E-state index contributed by atoms with van der Waals surface area (Å²) in [6, 6.07) is 9.00. The van der Waals surface area contributed by atoms with E-state index >= 15 is 0 Å². The fourth-order valence-electron chi connectivity index (χ4n) is 2.99. The van der Waals surface area contributed by atoms with E-state index in [0.29, 0.717) is 32.0 Å². The Morgan fingerprint density at radius 1 is 1.00 bits per heavy atom. The molecule has 1 aromatic carbocycles. The fraction of sp³-hybridized carbons (Fsp3) is 0.444. The van der Waals surface area contributed by atoms with Gasteiger partial charge in [0.1, 0.15) is 5.82 Å². The van der Waals surface area contributed by atoms with Gasteiger partial charge in [0.2, 0.25) is 10.0 Å². The molecule has 7 nitrogen and oxygen atoms in total. The van der Waals surface area contributed by atoms with E-state index in [1.165, 1.54) is 15.1 Å². The van der Waals surface area contributed by atoms with Crippen LogP contribution in [-0.2, 0) is 10.0 Å². The molecule has 0 N–H and O–H groups in total. The lowest BCUT2D eigenvalue weighted by Gasteiger charge is -2.34. The molecule has 0 bridgehead atoms. The topological polar surface area (TPSA) is 75.5 Å². The van der Waals surface area contributed by atoms with Gasteiger partial charge in [0.15, 0.2) is 0 Å². The highest BCUT2D eigenvalue weighted by Crippen LogP contribution is 2.16. The van der Waals surface area contributed by atoms with Crippen molar-refractivity contribution in [2.45, 2.75) is 20.8 Å². The van der Waals surface area contributed by atoms with Crippen LogP contribution in [0.1, 0.15) is 18.1 Å². The van der Waals surface area contributed by atoms with Gasteiger partial charge in [0.25, 0.3) is 5.56 Å². The Labute approximate surface area is 153 Å². The van der Waals surface area contributed by atoms with Gasteiger partial charge in [-0.3, -0.25) is 4.79 Å². The average molecular weight is 376 g/mol. The van der Waals surface area contributed by atoms with Crippen LogP contribution in [0.25, 0.3) is 5.69 Å². The Hall–Kier alpha value is -2.19. The van der Waals surface area contributed by atoms with Gasteiger partial charge in [-0.15, -0.1) is 5.10 Å². The van der Waals surface area contributed by atoms with Crippen molar-refractivity contribution in [3.63, 3.8) is 0 Å². The molecule has 0 aliphatic carbocycles. The highest BCUT2D eigenvalue weighted by atomic mass is 32.2. The zero-order valence-electron chi connectivity index (χ0n) is 15.3. The molecule has 1 aliphatic rings. The summed E-state index contributed by atoms with van der Waals surface area (Å²) in [6.45, 7) is 7.65. The maximum atomic E-state index is 12.3. The van der Waals surface area contributed by atoms with E-state index in [4.69, 9.17) is 0 Å². The summed E-state index contributed by atoms with van der Waals surface area (Å²) < 4.78 is 26.9. The molecule has 1 fully saturated rings. The Balaban J connectivity index is 1.85. The Kier molecular flexibility index (Phi) is 5.15. The zero-order chi connectivity index (χ0) is 18.9. The van der Waals surface area contributed by atoms with E-state index < -0.39 is 10.0 Å². The normalized spacial score (nSPS) is 16.0. The number of aromatic nitrogens is 2. The minimum atomic E-state index is -3.16. The molecule has 0 unspecified atom stereocenters. The van der Waals surface area contributed by atoms with Gasteiger partial charge in [-0.05, 0) is 50.1 Å². The Morgan fingerprint density at radius 3 is 2.31 bits per heavy atom. The predicted molar refractivity (Wildman–Crippen MR) is 103 cm³/mol. The van der Waals surface area contributed by atoms with Gasteiger partial charge in [0.05, 0.1) is 11.4 Å². The van der Waals surface area contributed by atoms with Crippen LogP contribution in [-0.4, -0.2) is 54.4 Å². The molecule has 0 amide bonds. The van der Waals surface area contributed by atoms with Gasteiger partial charge in [-0.25, -0.2) is 8.42 Å². The quantitative estimate of drug-likeness (QED) is 0.805. The second kappa shape index (κ2) is 7.20. The zero-order valence-corrected chi connectivity index (χ0v) is 16.2. The van der Waals surface area contributed by atoms with Gasteiger partial charge >= 0.3 is 0 Å². The lowest BCUT2D eigenvalue weighted by molar-refractivity contribution is 0.383. The number of sulfonamides is 1. The van der Waals surface area contributed by atoms with Crippen molar-refractivity contribution < 1.29 is 8.42 Å². The first-order valence-electron chi connectivity index (χ1n) is 8.72. The van der Waals surface area contributed by atoms with Crippen LogP contribution in [0.2, 0.25) is 0 Å². The van der Waals surface area contributed by atoms with Crippen LogP contribution in [0.5, 0.6) is 0 Å². The van der Waals surface area contributed by atoms with Crippen LogP contribution < -0.4 is 10.5 Å².